The van der Waals surface area contributed by atoms with Gasteiger partial charge >= 0.3 is 5.97 Å². The minimum Gasteiger partial charge on any atom is -0.463 e. The Morgan fingerprint density at radius 3 is 2.50 bits per heavy atom. The Kier molecular flexibility index (Phi) is 8.49. The number of thiazole rings is 1. The van der Waals surface area contributed by atoms with E-state index in [9.17, 15) is 30.0 Å². The largest absolute Gasteiger partial charge is 0.463 e. The minimum atomic E-state index is -2.04. The molecule has 12 heteroatoms. The molecule has 2 aromatic heterocycles. The molecule has 4 N–H and O–H groups in total. The number of para-hydroxylation sites is 1. The molecule has 0 spiro atoms. The summed E-state index contributed by atoms with van der Waals surface area (Å²) in [6, 6.07) is 6.77. The van der Waals surface area contributed by atoms with Crippen molar-refractivity contribution in [3.8, 4) is 0 Å². The second kappa shape index (κ2) is 11.1. The summed E-state index contributed by atoms with van der Waals surface area (Å²) < 4.78 is 16.8. The number of benzene rings is 1. The van der Waals surface area contributed by atoms with E-state index in [-0.39, 0.29) is 22.9 Å². The van der Waals surface area contributed by atoms with E-state index in [1.807, 2.05) is 0 Å². The van der Waals surface area contributed by atoms with Gasteiger partial charge < -0.3 is 39.2 Å². The normalized spacial score (nSPS) is 15.3. The lowest BCUT2D eigenvalue weighted by molar-refractivity contribution is -0.216. The standard InChI is InChI=1S/C22H26N2O9S/c1-11(25)17(9-32-12(2)26)33-20(21(28)29)24-8-14(13-6-4-5-7-16(13)24)18(27)19-23-15(10-34-19)22(30)31-3/h4-8,10-11,17,20-22,25,28-30H,9H2,1-3H3. The Labute approximate surface area is 198 Å². The summed E-state index contributed by atoms with van der Waals surface area (Å²) >= 11 is 1.03. The molecule has 3 rings (SSSR count). The Hall–Kier alpha value is -2.71. The summed E-state index contributed by atoms with van der Waals surface area (Å²) in [7, 11) is 1.31. The third-order valence-corrected chi connectivity index (χ3v) is 5.87. The number of ether oxygens (including phenoxy) is 3. The van der Waals surface area contributed by atoms with Crippen LogP contribution in [0.1, 0.15) is 47.4 Å². The maximum absolute atomic E-state index is 13.2. The van der Waals surface area contributed by atoms with E-state index in [1.54, 1.807) is 24.3 Å². The van der Waals surface area contributed by atoms with Crippen molar-refractivity contribution in [2.75, 3.05) is 13.7 Å². The number of carbonyl (C=O) groups excluding carboxylic acids is 2. The van der Waals surface area contributed by atoms with Crippen molar-refractivity contribution in [1.82, 2.24) is 9.55 Å². The smallest absolute Gasteiger partial charge is 0.302 e. The molecule has 0 aliphatic carbocycles. The predicted octanol–water partition coefficient (Wildman–Crippen LogP) is 1.10. The van der Waals surface area contributed by atoms with Crippen molar-refractivity contribution in [3.63, 3.8) is 0 Å². The summed E-state index contributed by atoms with van der Waals surface area (Å²) in [6.07, 6.45) is -5.53. The number of fused-ring (bicyclic) bond motifs is 1. The first-order valence-corrected chi connectivity index (χ1v) is 11.2. The second-order valence-corrected chi connectivity index (χ2v) is 8.34. The number of hydrogen-bond acceptors (Lipinski definition) is 11. The monoisotopic (exact) mass is 494 g/mol. The van der Waals surface area contributed by atoms with Crippen molar-refractivity contribution < 1.29 is 44.2 Å². The molecular formula is C22H26N2O9S. The molecule has 0 radical (unpaired) electrons. The zero-order valence-electron chi connectivity index (χ0n) is 18.7. The first-order valence-electron chi connectivity index (χ1n) is 10.3. The lowest BCUT2D eigenvalue weighted by atomic mass is 10.1. The zero-order valence-corrected chi connectivity index (χ0v) is 19.5. The van der Waals surface area contributed by atoms with Crippen LogP contribution in [-0.4, -0.2) is 73.9 Å². The minimum absolute atomic E-state index is 0.104. The molecule has 4 unspecified atom stereocenters. The van der Waals surface area contributed by atoms with E-state index in [0.29, 0.717) is 10.9 Å². The molecule has 34 heavy (non-hydrogen) atoms. The van der Waals surface area contributed by atoms with Gasteiger partial charge in [0.2, 0.25) is 5.78 Å². The molecular weight excluding hydrogens is 468 g/mol. The Morgan fingerprint density at radius 2 is 1.88 bits per heavy atom. The number of aromatic nitrogens is 2. The number of carbonyl (C=O) groups is 2. The summed E-state index contributed by atoms with van der Waals surface area (Å²) in [4.78, 5) is 28.6. The fourth-order valence-corrected chi connectivity index (χ4v) is 4.06. The van der Waals surface area contributed by atoms with Gasteiger partial charge in [0.25, 0.3) is 0 Å². The predicted molar refractivity (Wildman–Crippen MR) is 120 cm³/mol. The fraction of sp³-hybridized carbons (Fsp3) is 0.409. The van der Waals surface area contributed by atoms with Gasteiger partial charge in [-0.05, 0) is 13.0 Å². The summed E-state index contributed by atoms with van der Waals surface area (Å²) in [6.45, 7) is 2.29. The Balaban J connectivity index is 2.01. The van der Waals surface area contributed by atoms with Crippen molar-refractivity contribution in [2.24, 2.45) is 0 Å². The average Bonchev–Trinajstić information content (AvgIpc) is 3.43. The van der Waals surface area contributed by atoms with E-state index in [0.717, 1.165) is 11.3 Å². The van der Waals surface area contributed by atoms with Gasteiger partial charge in [-0.1, -0.05) is 18.2 Å². The summed E-state index contributed by atoms with van der Waals surface area (Å²) in [5, 5.41) is 42.1. The van der Waals surface area contributed by atoms with Crippen LogP contribution in [0.25, 0.3) is 10.9 Å². The number of aliphatic hydroxyl groups is 4. The Bertz CT molecular complexity index is 1140. The fourth-order valence-electron chi connectivity index (χ4n) is 3.29. The quantitative estimate of drug-likeness (QED) is 0.173. The number of rotatable bonds is 11. The number of esters is 1. The number of ketones is 1. The lowest BCUT2D eigenvalue weighted by Gasteiger charge is -2.29. The van der Waals surface area contributed by atoms with Gasteiger partial charge in [0.1, 0.15) is 18.4 Å². The van der Waals surface area contributed by atoms with E-state index in [2.05, 4.69) is 4.98 Å². The third kappa shape index (κ3) is 5.67. The molecule has 0 amide bonds. The van der Waals surface area contributed by atoms with Crippen molar-refractivity contribution >= 4 is 34.0 Å². The van der Waals surface area contributed by atoms with Gasteiger partial charge in [-0.2, -0.15) is 0 Å². The van der Waals surface area contributed by atoms with E-state index >= 15 is 0 Å². The van der Waals surface area contributed by atoms with E-state index in [4.69, 9.17) is 14.2 Å². The number of nitrogens with zero attached hydrogens (tertiary/aromatic N) is 2. The average molecular weight is 495 g/mol. The highest BCUT2D eigenvalue weighted by molar-refractivity contribution is 7.12. The van der Waals surface area contributed by atoms with Crippen LogP contribution in [0.5, 0.6) is 0 Å². The molecule has 0 saturated carbocycles. The molecule has 3 aromatic rings. The van der Waals surface area contributed by atoms with Gasteiger partial charge in [0, 0.05) is 31.0 Å². The first kappa shape index (κ1) is 25.9. The zero-order chi connectivity index (χ0) is 25.0. The van der Waals surface area contributed by atoms with Crippen LogP contribution < -0.4 is 0 Å². The van der Waals surface area contributed by atoms with Crippen LogP contribution >= 0.6 is 11.3 Å². The lowest BCUT2D eigenvalue weighted by Crippen LogP contribution is -2.38. The number of hydrogen-bond donors (Lipinski definition) is 4. The molecule has 0 fully saturated rings. The number of aliphatic hydroxyl groups excluding tert-OH is 3. The third-order valence-electron chi connectivity index (χ3n) is 5.01. The maximum Gasteiger partial charge on any atom is 0.302 e. The van der Waals surface area contributed by atoms with Crippen LogP contribution in [0.2, 0.25) is 0 Å². The van der Waals surface area contributed by atoms with Crippen molar-refractivity contribution in [3.05, 3.63) is 52.1 Å². The van der Waals surface area contributed by atoms with Crippen molar-refractivity contribution in [1.29, 1.82) is 0 Å². The number of methoxy groups -OCH3 is 1. The van der Waals surface area contributed by atoms with Gasteiger partial charge in [0.05, 0.1) is 17.2 Å². The molecule has 1 aromatic carbocycles. The highest BCUT2D eigenvalue weighted by Crippen LogP contribution is 2.30. The SMILES string of the molecule is COC(O)c1csc(C(=O)c2cn(C(OC(COC(C)=O)C(C)O)C(O)O)c3ccccc23)n1. The molecule has 4 atom stereocenters. The van der Waals surface area contributed by atoms with Crippen molar-refractivity contribution in [2.45, 2.75) is 44.9 Å². The molecule has 0 aliphatic heterocycles. The first-order chi connectivity index (χ1) is 16.1. The molecule has 2 heterocycles. The van der Waals surface area contributed by atoms with Crippen LogP contribution in [0, 0.1) is 0 Å². The van der Waals surface area contributed by atoms with Gasteiger partial charge in [-0.25, -0.2) is 4.98 Å². The molecule has 0 aliphatic rings. The van der Waals surface area contributed by atoms with Crippen LogP contribution in [0.15, 0.2) is 35.8 Å². The summed E-state index contributed by atoms with van der Waals surface area (Å²) in [5.74, 6) is -1.04. The topological polar surface area (TPSA) is 161 Å². The molecule has 184 valence electrons. The van der Waals surface area contributed by atoms with Crippen LogP contribution in [0.4, 0.5) is 0 Å². The van der Waals surface area contributed by atoms with Gasteiger partial charge in [0.15, 0.2) is 23.8 Å². The maximum atomic E-state index is 13.2. The second-order valence-electron chi connectivity index (χ2n) is 7.48. The van der Waals surface area contributed by atoms with Gasteiger partial charge in [-0.3, -0.25) is 9.59 Å². The Morgan fingerprint density at radius 1 is 1.18 bits per heavy atom. The van der Waals surface area contributed by atoms with Crippen LogP contribution in [-0.2, 0) is 19.0 Å². The molecule has 0 bridgehead atoms. The van der Waals surface area contributed by atoms with E-state index in [1.165, 1.54) is 37.1 Å². The highest BCUT2D eigenvalue weighted by Gasteiger charge is 2.30. The molecule has 11 nitrogen and oxygen atoms in total. The highest BCUT2D eigenvalue weighted by atomic mass is 32.1. The van der Waals surface area contributed by atoms with Crippen LogP contribution in [0.3, 0.4) is 0 Å². The van der Waals surface area contributed by atoms with E-state index < -0.39 is 42.8 Å². The van der Waals surface area contributed by atoms with Gasteiger partial charge in [-0.15, -0.1) is 11.3 Å². The summed E-state index contributed by atoms with van der Waals surface area (Å²) in [5.41, 5.74) is 0.859. The molecule has 0 saturated heterocycles.